The Morgan fingerprint density at radius 1 is 1.40 bits per heavy atom. The number of hydrogen-bond acceptors (Lipinski definition) is 5. The number of alkyl carbamates (subject to hydrolysis) is 1. The van der Waals surface area contributed by atoms with Gasteiger partial charge in [0.05, 0.1) is 18.2 Å². The monoisotopic (exact) mass is 284 g/mol. The Bertz CT molecular complexity index is 482. The second-order valence-corrected chi connectivity index (χ2v) is 5.53. The van der Waals surface area contributed by atoms with Crippen LogP contribution in [0.25, 0.3) is 0 Å². The zero-order chi connectivity index (χ0) is 15.5. The largest absolute Gasteiger partial charge is 0.481 e. The van der Waals surface area contributed by atoms with E-state index in [4.69, 9.17) is 14.4 Å². The minimum Gasteiger partial charge on any atom is -0.481 e. The maximum absolute atomic E-state index is 11.8. The highest BCUT2D eigenvalue weighted by Crippen LogP contribution is 2.24. The van der Waals surface area contributed by atoms with E-state index in [2.05, 4.69) is 10.5 Å². The number of hydrogen-bond donors (Lipinski definition) is 2. The average molecular weight is 284 g/mol. The number of amides is 1. The smallest absolute Gasteiger partial charge is 0.408 e. The minimum atomic E-state index is -1.04. The molecule has 1 aromatic heterocycles. The number of rotatable bonds is 4. The van der Waals surface area contributed by atoms with Gasteiger partial charge < -0.3 is 19.7 Å². The van der Waals surface area contributed by atoms with Gasteiger partial charge in [-0.1, -0.05) is 5.16 Å². The van der Waals surface area contributed by atoms with Crippen LogP contribution in [0.4, 0.5) is 4.79 Å². The van der Waals surface area contributed by atoms with Gasteiger partial charge in [-0.25, -0.2) is 4.79 Å². The number of carboxylic acid groups (broad SMARTS) is 1. The molecular formula is C13H20N2O5. The second-order valence-electron chi connectivity index (χ2n) is 5.53. The summed E-state index contributed by atoms with van der Waals surface area (Å²) in [5, 5.41) is 15.3. The van der Waals surface area contributed by atoms with Gasteiger partial charge in [-0.15, -0.1) is 0 Å². The Hall–Kier alpha value is -2.05. The fourth-order valence-electron chi connectivity index (χ4n) is 1.84. The van der Waals surface area contributed by atoms with E-state index in [0.717, 1.165) is 0 Å². The van der Waals surface area contributed by atoms with Gasteiger partial charge in [0.15, 0.2) is 0 Å². The van der Waals surface area contributed by atoms with Crippen molar-refractivity contribution >= 4 is 12.1 Å². The highest BCUT2D eigenvalue weighted by atomic mass is 16.6. The molecule has 0 aliphatic carbocycles. The van der Waals surface area contributed by atoms with Gasteiger partial charge in [-0.2, -0.15) is 0 Å². The Morgan fingerprint density at radius 2 is 2.00 bits per heavy atom. The summed E-state index contributed by atoms with van der Waals surface area (Å²) in [6.07, 6.45) is -0.953. The van der Waals surface area contributed by atoms with Gasteiger partial charge in [-0.05, 0) is 34.6 Å². The van der Waals surface area contributed by atoms with Gasteiger partial charge in [0.1, 0.15) is 11.4 Å². The first kappa shape index (κ1) is 16.0. The van der Waals surface area contributed by atoms with Gasteiger partial charge in [0.25, 0.3) is 0 Å². The lowest BCUT2D eigenvalue weighted by Gasteiger charge is -2.23. The summed E-state index contributed by atoms with van der Waals surface area (Å²) in [5.41, 5.74) is 0.458. The summed E-state index contributed by atoms with van der Waals surface area (Å²) in [6.45, 7) is 8.55. The SMILES string of the molecule is Cc1noc(C)c1[C@@H](CC(=O)O)NC(=O)OC(C)(C)C. The summed E-state index contributed by atoms with van der Waals surface area (Å²) >= 11 is 0. The highest BCUT2D eigenvalue weighted by molar-refractivity contribution is 5.72. The van der Waals surface area contributed by atoms with E-state index >= 15 is 0 Å². The molecule has 7 heteroatoms. The van der Waals surface area contributed by atoms with Crippen LogP contribution in [-0.4, -0.2) is 27.9 Å². The molecule has 0 aliphatic rings. The fraction of sp³-hybridized carbons (Fsp3) is 0.615. The summed E-state index contributed by atoms with van der Waals surface area (Å²) in [6, 6.07) is -0.742. The van der Waals surface area contributed by atoms with E-state index in [0.29, 0.717) is 17.0 Å². The molecule has 1 rings (SSSR count). The average Bonchev–Trinajstić information content (AvgIpc) is 2.53. The van der Waals surface area contributed by atoms with E-state index in [1.165, 1.54) is 0 Å². The predicted molar refractivity (Wildman–Crippen MR) is 70.3 cm³/mol. The number of aliphatic carboxylic acids is 1. The van der Waals surface area contributed by atoms with Crippen molar-refractivity contribution < 1.29 is 24.0 Å². The maximum atomic E-state index is 11.8. The maximum Gasteiger partial charge on any atom is 0.408 e. The standard InChI is InChI=1S/C13H20N2O5/c1-7-11(8(2)20-15-7)9(6-10(16)17)14-12(18)19-13(3,4)5/h9H,6H2,1-5H3,(H,14,18)(H,16,17)/t9-/m1/s1. The molecule has 0 unspecified atom stereocenters. The molecule has 1 heterocycles. The Kier molecular flexibility index (Phi) is 4.75. The number of ether oxygens (including phenoxy) is 1. The number of nitrogens with one attached hydrogen (secondary N) is 1. The van der Waals surface area contributed by atoms with Crippen LogP contribution in [0.3, 0.4) is 0 Å². The molecule has 0 saturated heterocycles. The Morgan fingerprint density at radius 3 is 2.40 bits per heavy atom. The molecule has 0 spiro atoms. The summed E-state index contributed by atoms with van der Waals surface area (Å²) in [7, 11) is 0. The molecule has 0 bridgehead atoms. The zero-order valence-electron chi connectivity index (χ0n) is 12.3. The normalized spacial score (nSPS) is 12.8. The van der Waals surface area contributed by atoms with Crippen molar-refractivity contribution in [3.8, 4) is 0 Å². The zero-order valence-corrected chi connectivity index (χ0v) is 12.3. The highest BCUT2D eigenvalue weighted by Gasteiger charge is 2.26. The molecule has 0 aromatic carbocycles. The molecule has 20 heavy (non-hydrogen) atoms. The third-order valence-corrected chi connectivity index (χ3v) is 2.51. The summed E-state index contributed by atoms with van der Waals surface area (Å²) < 4.78 is 10.1. The summed E-state index contributed by atoms with van der Waals surface area (Å²) in [5.74, 6) is -0.559. The molecular weight excluding hydrogens is 264 g/mol. The van der Waals surface area contributed by atoms with E-state index in [9.17, 15) is 9.59 Å². The van der Waals surface area contributed by atoms with Crippen LogP contribution in [0, 0.1) is 13.8 Å². The lowest BCUT2D eigenvalue weighted by molar-refractivity contribution is -0.137. The van der Waals surface area contributed by atoms with Crippen LogP contribution in [0.1, 0.15) is 50.3 Å². The van der Waals surface area contributed by atoms with Crippen LogP contribution in [0.2, 0.25) is 0 Å². The van der Waals surface area contributed by atoms with Gasteiger partial charge in [0.2, 0.25) is 0 Å². The van der Waals surface area contributed by atoms with Crippen molar-refractivity contribution in [1.29, 1.82) is 0 Å². The molecule has 1 amide bonds. The molecule has 0 radical (unpaired) electrons. The molecule has 2 N–H and O–H groups in total. The predicted octanol–water partition coefficient (Wildman–Crippen LogP) is 2.33. The van der Waals surface area contributed by atoms with E-state index < -0.39 is 23.7 Å². The van der Waals surface area contributed by atoms with Crippen LogP contribution >= 0.6 is 0 Å². The van der Waals surface area contributed by atoms with Crippen LogP contribution < -0.4 is 5.32 Å². The third-order valence-electron chi connectivity index (χ3n) is 2.51. The van der Waals surface area contributed by atoms with Crippen molar-refractivity contribution in [2.24, 2.45) is 0 Å². The number of carbonyl (C=O) groups is 2. The molecule has 0 saturated carbocycles. The number of carboxylic acids is 1. The number of nitrogens with zero attached hydrogens (tertiary/aromatic N) is 1. The van der Waals surface area contributed by atoms with Crippen molar-refractivity contribution in [1.82, 2.24) is 10.5 Å². The second kappa shape index (κ2) is 5.94. The Labute approximate surface area is 117 Å². The molecule has 1 atom stereocenters. The van der Waals surface area contributed by atoms with Crippen LogP contribution in [0.5, 0.6) is 0 Å². The van der Waals surface area contributed by atoms with Crippen molar-refractivity contribution in [3.05, 3.63) is 17.0 Å². The van der Waals surface area contributed by atoms with Crippen molar-refractivity contribution in [2.75, 3.05) is 0 Å². The molecule has 7 nitrogen and oxygen atoms in total. The van der Waals surface area contributed by atoms with Crippen LogP contribution in [0.15, 0.2) is 4.52 Å². The summed E-state index contributed by atoms with van der Waals surface area (Å²) in [4.78, 5) is 22.7. The molecule has 0 fully saturated rings. The fourth-order valence-corrected chi connectivity index (χ4v) is 1.84. The van der Waals surface area contributed by atoms with E-state index in [1.54, 1.807) is 34.6 Å². The van der Waals surface area contributed by atoms with E-state index in [-0.39, 0.29) is 6.42 Å². The topological polar surface area (TPSA) is 102 Å². The minimum absolute atomic E-state index is 0.276. The first-order valence-electron chi connectivity index (χ1n) is 6.24. The first-order valence-corrected chi connectivity index (χ1v) is 6.24. The molecule has 1 aromatic rings. The van der Waals surface area contributed by atoms with Crippen molar-refractivity contribution in [2.45, 2.75) is 52.7 Å². The van der Waals surface area contributed by atoms with Gasteiger partial charge in [0, 0.05) is 5.56 Å². The lowest BCUT2D eigenvalue weighted by Crippen LogP contribution is -2.36. The van der Waals surface area contributed by atoms with Crippen molar-refractivity contribution in [3.63, 3.8) is 0 Å². The number of aromatic nitrogens is 1. The third kappa shape index (κ3) is 4.56. The first-order chi connectivity index (χ1) is 9.10. The number of carbonyl (C=O) groups excluding carboxylic acids is 1. The molecule has 0 aliphatic heterocycles. The van der Waals surface area contributed by atoms with Gasteiger partial charge in [-0.3, -0.25) is 4.79 Å². The number of aryl methyl sites for hydroxylation is 2. The van der Waals surface area contributed by atoms with Gasteiger partial charge >= 0.3 is 12.1 Å². The molecule has 112 valence electrons. The lowest BCUT2D eigenvalue weighted by atomic mass is 10.0. The quantitative estimate of drug-likeness (QED) is 0.879. The van der Waals surface area contributed by atoms with E-state index in [1.807, 2.05) is 0 Å². The van der Waals surface area contributed by atoms with Crippen LogP contribution in [-0.2, 0) is 9.53 Å². The Balaban J connectivity index is 2.91.